The molecule has 0 unspecified atom stereocenters. The highest BCUT2D eigenvalue weighted by atomic mass is 32.3. The van der Waals surface area contributed by atoms with Crippen molar-refractivity contribution in [2.45, 2.75) is 19.6 Å². The third-order valence-electron chi connectivity index (χ3n) is 8.60. The van der Waals surface area contributed by atoms with Gasteiger partial charge in [0.25, 0.3) is 26.1 Å². The second-order valence-corrected chi connectivity index (χ2v) is 22.6. The van der Waals surface area contributed by atoms with Gasteiger partial charge in [0.1, 0.15) is 27.8 Å². The predicted octanol–water partition coefficient (Wildman–Crippen LogP) is 5.93. The molecule has 1 amide bonds. The Morgan fingerprint density at radius 3 is 1.97 bits per heavy atom. The fraction of sp³-hybridized carbons (Fsp3) is 0.147. The third-order valence-corrected chi connectivity index (χ3v) is 14.8. The number of nitrogens with one attached hydrogen (secondary N) is 2. The molecule has 0 radical (unpaired) electrons. The van der Waals surface area contributed by atoms with E-state index in [-0.39, 0.29) is 78.9 Å². The average Bonchev–Trinajstić information content (AvgIpc) is 3.28. The number of carbonyl (C=O) groups is 1. The van der Waals surface area contributed by atoms with E-state index in [1.54, 1.807) is 0 Å². The van der Waals surface area contributed by atoms with Gasteiger partial charge in [0.2, 0.25) is 0 Å². The maximum absolute atomic E-state index is 13.0. The van der Waals surface area contributed by atoms with Gasteiger partial charge in [-0.1, -0.05) is 16.1 Å². The van der Waals surface area contributed by atoms with E-state index < -0.39 is 108 Å². The maximum Gasteiger partial charge on any atom is 0.397 e. The lowest BCUT2D eigenvalue weighted by Gasteiger charge is -2.14. The molecule has 5 aromatic carbocycles. The van der Waals surface area contributed by atoms with Gasteiger partial charge in [-0.05, 0) is 78.9 Å². The number of azo groups is 2. The van der Waals surface area contributed by atoms with Gasteiger partial charge < -0.3 is 15.7 Å². The summed E-state index contributed by atoms with van der Waals surface area (Å²) >= 11 is 0.322. The van der Waals surface area contributed by atoms with E-state index in [4.69, 9.17) is 19.3 Å². The van der Waals surface area contributed by atoms with Crippen LogP contribution in [-0.2, 0) is 77.4 Å². The molecule has 0 aliphatic rings. The lowest BCUT2D eigenvalue weighted by atomic mass is 10.1. The normalized spacial score (nSPS) is 12.8. The second-order valence-electron chi connectivity index (χ2n) is 13.2. The smallest absolute Gasteiger partial charge is 0.397 e. The first-order valence-electron chi connectivity index (χ1n) is 18.3. The molecule has 0 heterocycles. The highest BCUT2D eigenvalue weighted by molar-refractivity contribution is 7.94. The Balaban J connectivity index is 1.48. The molecule has 0 bridgehead atoms. The number of phenolic OH excluding ortho intramolecular Hbond substituents is 1. The zero-order chi connectivity index (χ0) is 51.5. The van der Waals surface area contributed by atoms with E-state index in [2.05, 4.69) is 54.0 Å². The summed E-state index contributed by atoms with van der Waals surface area (Å²) in [5, 5.41) is 56.3. The number of amides is 1. The molecular formula is C34H32N6O23S7. The van der Waals surface area contributed by atoms with Crippen LogP contribution in [0.4, 0.5) is 34.1 Å². The molecule has 8 N–H and O–H groups in total. The third kappa shape index (κ3) is 15.8. The molecule has 0 saturated carbocycles. The van der Waals surface area contributed by atoms with Crippen LogP contribution in [0.2, 0.25) is 0 Å². The Kier molecular flexibility index (Phi) is 18.8. The summed E-state index contributed by atoms with van der Waals surface area (Å²) in [5.74, 6) is -4.09. The number of aromatic hydroxyl groups is 1. The minimum Gasteiger partial charge on any atom is -0.505 e. The number of rotatable bonds is 25. The fourth-order valence-electron chi connectivity index (χ4n) is 5.57. The van der Waals surface area contributed by atoms with Crippen molar-refractivity contribution in [3.05, 3.63) is 90.5 Å². The van der Waals surface area contributed by atoms with Gasteiger partial charge in [-0.3, -0.25) is 22.6 Å². The van der Waals surface area contributed by atoms with Crippen molar-refractivity contribution in [1.82, 2.24) is 0 Å². The molecule has 29 nitrogen and oxygen atoms in total. The number of nitrogens with zero attached hydrogens (tertiary/aromatic N) is 4. The fourth-order valence-corrected chi connectivity index (χ4v) is 10.1. The van der Waals surface area contributed by atoms with Gasteiger partial charge >= 0.3 is 10.4 Å². The molecule has 0 fully saturated rings. The molecule has 0 saturated heterocycles. The van der Waals surface area contributed by atoms with Crippen LogP contribution in [0.25, 0.3) is 10.8 Å². The van der Waals surface area contributed by atoms with E-state index in [9.17, 15) is 61.1 Å². The van der Waals surface area contributed by atoms with E-state index in [0.29, 0.717) is 6.07 Å². The van der Waals surface area contributed by atoms with Gasteiger partial charge in [-0.25, -0.2) is 31.5 Å². The quantitative estimate of drug-likeness (QED) is 0.00838. The first kappa shape index (κ1) is 55.6. The number of sulfone groups is 2. The highest BCUT2D eigenvalue weighted by Crippen LogP contribution is 2.48. The van der Waals surface area contributed by atoms with Gasteiger partial charge in [0.15, 0.2) is 37.7 Å². The monoisotopic (exact) mass is 1120 g/mol. The Labute approximate surface area is 404 Å². The first-order valence-corrected chi connectivity index (χ1v) is 27.4. The van der Waals surface area contributed by atoms with Crippen molar-refractivity contribution < 1.29 is 103 Å². The van der Waals surface area contributed by atoms with Crippen LogP contribution >= 0.6 is 24.4 Å². The molecule has 0 aromatic heterocycles. The van der Waals surface area contributed by atoms with Crippen LogP contribution < -0.4 is 10.6 Å². The standard InChI is InChI=1S/C34H32N6O23S7/c41-33-25-9-11-28(35-19-68(49,50)51)31(39-38-27-10-8-24(17-30(27)69(52,53)54)66(45,46)14-12-58-65-63-61-44)26(25)18-29(64-62-60-43)32(33)40-37-21-6-4-20(5-7-21)34(42)36-22-2-1-3-23(16-22)67(47,48)15-13-59-70(55,56)57/h1-11,16-18,35,41,43-44H,12-15,19H2,(H,36,42)(H,49,50,51)(H,52,53,54)(H,55,56,57)/b39-38+,40-37+. The molecule has 0 spiro atoms. The van der Waals surface area contributed by atoms with E-state index in [1.807, 2.05) is 0 Å². The number of benzene rings is 5. The Morgan fingerprint density at radius 1 is 0.671 bits per heavy atom. The number of anilines is 2. The summed E-state index contributed by atoms with van der Waals surface area (Å²) in [7, 11) is -23.3. The lowest BCUT2D eigenvalue weighted by Crippen LogP contribution is -2.16. The van der Waals surface area contributed by atoms with E-state index in [0.717, 1.165) is 24.3 Å². The van der Waals surface area contributed by atoms with E-state index in [1.165, 1.54) is 54.6 Å². The van der Waals surface area contributed by atoms with Crippen LogP contribution in [0, 0.1) is 0 Å². The Morgan fingerprint density at radius 2 is 1.33 bits per heavy atom. The Bertz CT molecular complexity index is 3380. The maximum atomic E-state index is 13.0. The van der Waals surface area contributed by atoms with Crippen molar-refractivity contribution in [1.29, 1.82) is 0 Å². The largest absolute Gasteiger partial charge is 0.505 e. The van der Waals surface area contributed by atoms with Gasteiger partial charge in [-0.15, -0.1) is 24.0 Å². The molecule has 0 aliphatic carbocycles. The zero-order valence-corrected chi connectivity index (χ0v) is 40.1. The summed E-state index contributed by atoms with van der Waals surface area (Å²) in [5.41, 5.74) is -1.48. The number of phenols is 1. The lowest BCUT2D eigenvalue weighted by molar-refractivity contribution is -0.434. The van der Waals surface area contributed by atoms with Gasteiger partial charge in [0, 0.05) is 22.0 Å². The van der Waals surface area contributed by atoms with Gasteiger partial charge in [0.05, 0.1) is 62.8 Å². The number of hydrogen-bond acceptors (Lipinski definition) is 27. The van der Waals surface area contributed by atoms with Crippen molar-refractivity contribution in [2.24, 2.45) is 20.5 Å². The molecule has 378 valence electrons. The van der Waals surface area contributed by atoms with Crippen LogP contribution in [0.1, 0.15) is 10.4 Å². The highest BCUT2D eigenvalue weighted by Gasteiger charge is 2.24. The molecular weight excluding hydrogens is 1080 g/mol. The van der Waals surface area contributed by atoms with Crippen molar-refractivity contribution in [2.75, 3.05) is 41.2 Å². The summed E-state index contributed by atoms with van der Waals surface area (Å²) in [4.78, 5) is 10.9. The summed E-state index contributed by atoms with van der Waals surface area (Å²) < 4.78 is 166. The molecule has 5 aromatic rings. The van der Waals surface area contributed by atoms with Crippen molar-refractivity contribution in [3.63, 3.8) is 0 Å². The van der Waals surface area contributed by atoms with Crippen LogP contribution in [0.3, 0.4) is 0 Å². The first-order chi connectivity index (χ1) is 32.8. The predicted molar refractivity (Wildman–Crippen MR) is 242 cm³/mol. The van der Waals surface area contributed by atoms with Crippen LogP contribution in [0.15, 0.2) is 125 Å². The average molecular weight is 1120 g/mol. The Hall–Kier alpha value is -5.36. The molecule has 0 aliphatic heterocycles. The SMILES string of the molecule is O=C(Nc1cccc(S(=O)(=O)CCOS(=O)(=O)O)c1)c1ccc(/N=N/c2c(SOOO)cc3c(/N=N/c4ccc(S(=O)(=O)CCOSOOO)cc4S(=O)(=O)O)c(NCS(=O)(=O)O)ccc3c2O)cc1. The number of hydrogen-bond donors (Lipinski definition) is 8. The van der Waals surface area contributed by atoms with Gasteiger partial charge in [-0.2, -0.15) is 30.4 Å². The van der Waals surface area contributed by atoms with Crippen molar-refractivity contribution >= 4 is 125 Å². The number of fused-ring (bicyclic) bond motifs is 1. The minimum absolute atomic E-state index is 0.0367. The van der Waals surface area contributed by atoms with Crippen molar-refractivity contribution in [3.8, 4) is 5.75 Å². The summed E-state index contributed by atoms with van der Waals surface area (Å²) in [6, 6.07) is 16.1. The summed E-state index contributed by atoms with van der Waals surface area (Å²) in [6.45, 7) is -1.42. The molecule has 5 rings (SSSR count). The van der Waals surface area contributed by atoms with Crippen LogP contribution in [0.5, 0.6) is 5.75 Å². The summed E-state index contributed by atoms with van der Waals surface area (Å²) in [6.07, 6.45) is 0. The molecule has 36 heteroatoms. The zero-order valence-electron chi connectivity index (χ0n) is 34.4. The molecule has 0 atom stereocenters. The molecule has 70 heavy (non-hydrogen) atoms. The minimum atomic E-state index is -5.25. The topological polar surface area (TPSA) is 438 Å². The van der Waals surface area contributed by atoms with Crippen LogP contribution in [-0.4, -0.2) is 108 Å². The second kappa shape index (κ2) is 23.7. The number of carbonyl (C=O) groups excluding carboxylic acids is 1. The van der Waals surface area contributed by atoms with E-state index >= 15 is 0 Å².